The van der Waals surface area contributed by atoms with E-state index in [1.807, 2.05) is 0 Å². The Morgan fingerprint density at radius 2 is 1.39 bits per heavy atom. The standard InChI is InChI=1S/C25H24F3N3O5S2/c1-14-2-9-21(20(28)10-14)29-23-11-15(26)12-24(25(23)31-38(34,35)18-6-7-18)36-16-3-8-19(27)22(13-16)30-37(32,33)17-4-5-17/h2-3,8-13,17-18,29-31H,4-7H2,1H3. The number of hydrogen-bond donors (Lipinski definition) is 3. The van der Waals surface area contributed by atoms with Crippen LogP contribution in [-0.2, 0) is 20.0 Å². The van der Waals surface area contributed by atoms with E-state index < -0.39 is 48.0 Å². The van der Waals surface area contributed by atoms with Gasteiger partial charge in [0.05, 0.1) is 27.6 Å². The van der Waals surface area contributed by atoms with E-state index >= 15 is 0 Å². The van der Waals surface area contributed by atoms with Crippen LogP contribution in [0.2, 0.25) is 0 Å². The van der Waals surface area contributed by atoms with Crippen LogP contribution in [0.3, 0.4) is 0 Å². The Bertz CT molecular complexity index is 1620. The van der Waals surface area contributed by atoms with Gasteiger partial charge in [-0.1, -0.05) is 6.07 Å². The van der Waals surface area contributed by atoms with Crippen LogP contribution in [0.4, 0.5) is 35.9 Å². The molecule has 2 aliphatic carbocycles. The van der Waals surface area contributed by atoms with Crippen LogP contribution in [0.25, 0.3) is 0 Å². The van der Waals surface area contributed by atoms with Gasteiger partial charge in [-0.25, -0.2) is 30.0 Å². The maximum absolute atomic E-state index is 14.7. The topological polar surface area (TPSA) is 114 Å². The fourth-order valence-electron chi connectivity index (χ4n) is 3.72. The van der Waals surface area contributed by atoms with Crippen molar-refractivity contribution in [2.75, 3.05) is 14.8 Å². The van der Waals surface area contributed by atoms with E-state index in [1.165, 1.54) is 18.2 Å². The van der Waals surface area contributed by atoms with E-state index in [0.29, 0.717) is 31.2 Å². The molecular weight excluding hydrogens is 543 g/mol. The number of nitrogens with one attached hydrogen (secondary N) is 3. The van der Waals surface area contributed by atoms with Gasteiger partial charge >= 0.3 is 0 Å². The van der Waals surface area contributed by atoms with Gasteiger partial charge in [0.15, 0.2) is 5.75 Å². The minimum Gasteiger partial charge on any atom is -0.455 e. The molecule has 0 unspecified atom stereocenters. The van der Waals surface area contributed by atoms with Crippen LogP contribution in [-0.4, -0.2) is 27.3 Å². The molecule has 3 N–H and O–H groups in total. The smallest absolute Gasteiger partial charge is 0.235 e. The first-order valence-corrected chi connectivity index (χ1v) is 14.9. The minimum atomic E-state index is -3.88. The predicted octanol–water partition coefficient (Wildman–Crippen LogP) is 5.76. The Morgan fingerprint density at radius 1 is 0.737 bits per heavy atom. The van der Waals surface area contributed by atoms with E-state index in [-0.39, 0.29) is 34.2 Å². The summed E-state index contributed by atoms with van der Waals surface area (Å²) in [4.78, 5) is 0. The number of halogens is 3. The highest BCUT2D eigenvalue weighted by Crippen LogP contribution is 2.42. The summed E-state index contributed by atoms with van der Waals surface area (Å²) in [5.41, 5.74) is -0.0644. The summed E-state index contributed by atoms with van der Waals surface area (Å²) >= 11 is 0. The molecule has 0 radical (unpaired) electrons. The van der Waals surface area contributed by atoms with Crippen molar-refractivity contribution in [3.63, 3.8) is 0 Å². The number of hydrogen-bond acceptors (Lipinski definition) is 6. The SMILES string of the molecule is Cc1ccc(Nc2cc(F)cc(Oc3ccc(F)c(NS(=O)(=O)C4CC4)c3)c2NS(=O)(=O)C2CC2)c(F)c1. The highest BCUT2D eigenvalue weighted by Gasteiger charge is 2.37. The lowest BCUT2D eigenvalue weighted by molar-refractivity contribution is 0.478. The number of anilines is 4. The van der Waals surface area contributed by atoms with Crippen molar-refractivity contribution in [3.05, 3.63) is 71.5 Å². The van der Waals surface area contributed by atoms with Crippen molar-refractivity contribution in [1.82, 2.24) is 0 Å². The largest absolute Gasteiger partial charge is 0.455 e. The van der Waals surface area contributed by atoms with Crippen LogP contribution >= 0.6 is 0 Å². The molecular formula is C25H24F3N3O5S2. The zero-order chi connectivity index (χ0) is 27.2. The predicted molar refractivity (Wildman–Crippen MR) is 138 cm³/mol. The Morgan fingerprint density at radius 3 is 2.03 bits per heavy atom. The van der Waals surface area contributed by atoms with Crippen molar-refractivity contribution in [1.29, 1.82) is 0 Å². The molecule has 3 aromatic rings. The van der Waals surface area contributed by atoms with E-state index in [1.54, 1.807) is 13.0 Å². The molecule has 0 spiro atoms. The van der Waals surface area contributed by atoms with Crippen LogP contribution in [0.5, 0.6) is 11.5 Å². The molecule has 0 aromatic heterocycles. The molecule has 0 atom stereocenters. The fourth-order valence-corrected chi connectivity index (χ4v) is 6.53. The minimum absolute atomic E-state index is 0.0300. The molecule has 0 aliphatic heterocycles. The van der Waals surface area contributed by atoms with Gasteiger partial charge in [0.1, 0.15) is 28.9 Å². The molecule has 0 heterocycles. The van der Waals surface area contributed by atoms with Crippen molar-refractivity contribution in [2.24, 2.45) is 0 Å². The molecule has 38 heavy (non-hydrogen) atoms. The van der Waals surface area contributed by atoms with Gasteiger partial charge in [-0.15, -0.1) is 0 Å². The average molecular weight is 568 g/mol. The summed E-state index contributed by atoms with van der Waals surface area (Å²) in [5, 5.41) is 1.47. The summed E-state index contributed by atoms with van der Waals surface area (Å²) in [6.07, 6.45) is 1.84. The van der Waals surface area contributed by atoms with Gasteiger partial charge in [-0.2, -0.15) is 0 Å². The zero-order valence-corrected chi connectivity index (χ0v) is 21.7. The number of aryl methyl sites for hydroxylation is 1. The molecule has 13 heteroatoms. The quantitative estimate of drug-likeness (QED) is 0.287. The first-order valence-electron chi connectivity index (χ1n) is 11.8. The van der Waals surface area contributed by atoms with Gasteiger partial charge in [0, 0.05) is 12.1 Å². The molecule has 8 nitrogen and oxygen atoms in total. The van der Waals surface area contributed by atoms with E-state index in [9.17, 15) is 30.0 Å². The van der Waals surface area contributed by atoms with Gasteiger partial charge in [-0.05, 0) is 68.5 Å². The fraction of sp³-hybridized carbons (Fsp3) is 0.280. The molecule has 2 fully saturated rings. The van der Waals surface area contributed by atoms with Crippen LogP contribution in [0.15, 0.2) is 48.5 Å². The first kappa shape index (κ1) is 26.2. The average Bonchev–Trinajstić information content (AvgIpc) is 3.71. The maximum atomic E-state index is 14.7. The number of benzene rings is 3. The molecule has 0 saturated heterocycles. The van der Waals surface area contributed by atoms with E-state index in [4.69, 9.17) is 4.74 Å². The van der Waals surface area contributed by atoms with Crippen LogP contribution in [0, 0.1) is 24.4 Å². The lowest BCUT2D eigenvalue weighted by Crippen LogP contribution is -2.19. The second-order valence-electron chi connectivity index (χ2n) is 9.37. The third-order valence-corrected chi connectivity index (χ3v) is 9.74. The Labute approximate surface area is 218 Å². The maximum Gasteiger partial charge on any atom is 0.235 e. The molecule has 202 valence electrons. The summed E-state index contributed by atoms with van der Waals surface area (Å²) in [5.74, 6) is -2.72. The zero-order valence-electron chi connectivity index (χ0n) is 20.1. The van der Waals surface area contributed by atoms with E-state index in [2.05, 4.69) is 14.8 Å². The molecule has 0 bridgehead atoms. The third-order valence-electron chi connectivity index (χ3n) is 6.05. The van der Waals surface area contributed by atoms with Crippen LogP contribution < -0.4 is 19.5 Å². The Balaban J connectivity index is 1.53. The lowest BCUT2D eigenvalue weighted by Gasteiger charge is -2.19. The van der Waals surface area contributed by atoms with Gasteiger partial charge < -0.3 is 10.1 Å². The Hall–Kier alpha value is -3.45. The third kappa shape index (κ3) is 5.83. The summed E-state index contributed by atoms with van der Waals surface area (Å²) in [7, 11) is -7.66. The van der Waals surface area contributed by atoms with E-state index in [0.717, 1.165) is 24.3 Å². The van der Waals surface area contributed by atoms with Gasteiger partial charge in [-0.3, -0.25) is 9.44 Å². The summed E-state index contributed by atoms with van der Waals surface area (Å²) in [6.45, 7) is 1.69. The highest BCUT2D eigenvalue weighted by atomic mass is 32.2. The summed E-state index contributed by atoms with van der Waals surface area (Å²) < 4.78 is 104. The van der Waals surface area contributed by atoms with Crippen molar-refractivity contribution in [3.8, 4) is 11.5 Å². The first-order chi connectivity index (χ1) is 17.9. The normalized spacial score (nSPS) is 15.7. The van der Waals surface area contributed by atoms with Gasteiger partial charge in [0.2, 0.25) is 20.0 Å². The second-order valence-corrected chi connectivity index (χ2v) is 13.3. The molecule has 2 aliphatic rings. The van der Waals surface area contributed by atoms with Crippen molar-refractivity contribution in [2.45, 2.75) is 43.1 Å². The monoisotopic (exact) mass is 567 g/mol. The number of rotatable bonds is 10. The second kappa shape index (κ2) is 9.70. The van der Waals surface area contributed by atoms with Crippen LogP contribution in [0.1, 0.15) is 31.2 Å². The lowest BCUT2D eigenvalue weighted by atomic mass is 10.2. The number of sulfonamides is 2. The Kier molecular flexibility index (Phi) is 6.68. The summed E-state index contributed by atoms with van der Waals surface area (Å²) in [6, 6.07) is 9.43. The number of ether oxygens (including phenoxy) is 1. The molecule has 2 saturated carbocycles. The van der Waals surface area contributed by atoms with Crippen molar-refractivity contribution < 1.29 is 34.7 Å². The molecule has 0 amide bonds. The molecule has 5 rings (SSSR count). The molecule has 3 aromatic carbocycles. The van der Waals surface area contributed by atoms with Crippen molar-refractivity contribution >= 4 is 42.8 Å². The van der Waals surface area contributed by atoms with Gasteiger partial charge in [0.25, 0.3) is 0 Å². The highest BCUT2D eigenvalue weighted by molar-refractivity contribution is 7.93.